The zero-order chi connectivity index (χ0) is 15.4. The van der Waals surface area contributed by atoms with E-state index in [4.69, 9.17) is 0 Å². The maximum Gasteiger partial charge on any atom is 0.271 e. The molecule has 1 aromatic carbocycles. The van der Waals surface area contributed by atoms with Crippen LogP contribution in [-0.2, 0) is 0 Å². The van der Waals surface area contributed by atoms with Crippen LogP contribution < -0.4 is 5.32 Å². The number of aromatic nitrogens is 2. The molecule has 0 saturated heterocycles. The normalized spacial score (nSPS) is 11.5. The van der Waals surface area contributed by atoms with Gasteiger partial charge in [-0.05, 0) is 39.9 Å². The van der Waals surface area contributed by atoms with Gasteiger partial charge in [0.15, 0.2) is 0 Å². The molecule has 114 valence electrons. The SMILES string of the molecule is CC(C)N(C)CCCNc1nc2ccc([N+](=O)[O-])cc2[nH]1. The lowest BCUT2D eigenvalue weighted by molar-refractivity contribution is -0.384. The Kier molecular flexibility index (Phi) is 4.74. The van der Waals surface area contributed by atoms with Crippen LogP contribution in [0.2, 0.25) is 0 Å². The van der Waals surface area contributed by atoms with Crippen molar-refractivity contribution in [3.8, 4) is 0 Å². The molecule has 0 unspecified atom stereocenters. The van der Waals surface area contributed by atoms with E-state index in [0.29, 0.717) is 17.5 Å². The van der Waals surface area contributed by atoms with E-state index < -0.39 is 4.92 Å². The minimum atomic E-state index is -0.408. The summed E-state index contributed by atoms with van der Waals surface area (Å²) in [5, 5.41) is 13.9. The largest absolute Gasteiger partial charge is 0.356 e. The molecule has 1 heterocycles. The van der Waals surface area contributed by atoms with Gasteiger partial charge in [0.2, 0.25) is 5.95 Å². The Hall–Kier alpha value is -2.15. The van der Waals surface area contributed by atoms with Crippen molar-refractivity contribution in [2.75, 3.05) is 25.5 Å². The van der Waals surface area contributed by atoms with Gasteiger partial charge in [-0.1, -0.05) is 0 Å². The molecule has 0 spiro atoms. The molecule has 0 fully saturated rings. The molecule has 0 bridgehead atoms. The Labute approximate surface area is 123 Å². The Morgan fingerprint density at radius 2 is 2.24 bits per heavy atom. The van der Waals surface area contributed by atoms with Gasteiger partial charge in [-0.25, -0.2) is 4.98 Å². The first-order valence-electron chi connectivity index (χ1n) is 7.05. The summed E-state index contributed by atoms with van der Waals surface area (Å²) in [7, 11) is 2.10. The van der Waals surface area contributed by atoms with Gasteiger partial charge in [0.25, 0.3) is 5.69 Å². The van der Waals surface area contributed by atoms with Gasteiger partial charge in [-0.3, -0.25) is 10.1 Å². The number of hydrogen-bond acceptors (Lipinski definition) is 5. The van der Waals surface area contributed by atoms with Crippen molar-refractivity contribution in [3.63, 3.8) is 0 Å². The topological polar surface area (TPSA) is 87.1 Å². The third-order valence-electron chi connectivity index (χ3n) is 3.54. The molecule has 0 atom stereocenters. The van der Waals surface area contributed by atoms with Crippen LogP contribution in [0.15, 0.2) is 18.2 Å². The Morgan fingerprint density at radius 3 is 2.90 bits per heavy atom. The van der Waals surface area contributed by atoms with Crippen molar-refractivity contribution < 1.29 is 4.92 Å². The lowest BCUT2D eigenvalue weighted by Gasteiger charge is -2.20. The summed E-state index contributed by atoms with van der Waals surface area (Å²) >= 11 is 0. The number of rotatable bonds is 7. The smallest absolute Gasteiger partial charge is 0.271 e. The number of aromatic amines is 1. The predicted octanol–water partition coefficient (Wildman–Crippen LogP) is 2.61. The van der Waals surface area contributed by atoms with Crippen molar-refractivity contribution in [2.24, 2.45) is 0 Å². The number of benzene rings is 1. The maximum absolute atomic E-state index is 10.7. The average molecular weight is 291 g/mol. The fourth-order valence-electron chi connectivity index (χ4n) is 1.99. The summed E-state index contributed by atoms with van der Waals surface area (Å²) < 4.78 is 0. The average Bonchev–Trinajstić information content (AvgIpc) is 2.84. The van der Waals surface area contributed by atoms with E-state index in [0.717, 1.165) is 25.0 Å². The Bertz CT molecular complexity index is 623. The lowest BCUT2D eigenvalue weighted by atomic mass is 10.3. The molecule has 0 aliphatic heterocycles. The number of nitro groups is 1. The number of nitro benzene ring substituents is 1. The first-order valence-corrected chi connectivity index (χ1v) is 7.05. The summed E-state index contributed by atoms with van der Waals surface area (Å²) in [5.74, 6) is 0.651. The second-order valence-corrected chi connectivity index (χ2v) is 5.40. The van der Waals surface area contributed by atoms with E-state index in [1.54, 1.807) is 6.07 Å². The third-order valence-corrected chi connectivity index (χ3v) is 3.54. The van der Waals surface area contributed by atoms with Crippen molar-refractivity contribution >= 4 is 22.7 Å². The molecule has 21 heavy (non-hydrogen) atoms. The Balaban J connectivity index is 1.92. The van der Waals surface area contributed by atoms with Crippen LogP contribution in [0.1, 0.15) is 20.3 Å². The van der Waals surface area contributed by atoms with E-state index in [2.05, 4.69) is 41.1 Å². The molecular weight excluding hydrogens is 270 g/mol. The number of hydrogen-bond donors (Lipinski definition) is 2. The van der Waals surface area contributed by atoms with Gasteiger partial charge < -0.3 is 15.2 Å². The van der Waals surface area contributed by atoms with E-state index >= 15 is 0 Å². The summed E-state index contributed by atoms with van der Waals surface area (Å²) in [6.07, 6.45) is 1.01. The summed E-state index contributed by atoms with van der Waals surface area (Å²) in [5.41, 5.74) is 1.46. The fraction of sp³-hybridized carbons (Fsp3) is 0.500. The number of H-pyrrole nitrogens is 1. The molecule has 2 N–H and O–H groups in total. The standard InChI is InChI=1S/C14H21N5O2/c1-10(2)18(3)8-4-7-15-14-16-12-6-5-11(19(20)21)9-13(12)17-14/h5-6,9-10H,4,7-8H2,1-3H3,(H2,15,16,17). The van der Waals surface area contributed by atoms with E-state index in [-0.39, 0.29) is 5.69 Å². The van der Waals surface area contributed by atoms with Gasteiger partial charge >= 0.3 is 0 Å². The number of non-ortho nitro benzene ring substituents is 1. The van der Waals surface area contributed by atoms with Crippen LogP contribution >= 0.6 is 0 Å². The Morgan fingerprint density at radius 1 is 1.48 bits per heavy atom. The summed E-state index contributed by atoms with van der Waals surface area (Å²) in [4.78, 5) is 20.0. The lowest BCUT2D eigenvalue weighted by Crippen LogP contribution is -2.28. The second-order valence-electron chi connectivity index (χ2n) is 5.40. The number of imidazole rings is 1. The summed E-state index contributed by atoms with van der Waals surface area (Å²) in [6.45, 7) is 6.15. The van der Waals surface area contributed by atoms with Crippen LogP contribution in [0.5, 0.6) is 0 Å². The predicted molar refractivity (Wildman–Crippen MR) is 83.6 cm³/mol. The van der Waals surface area contributed by atoms with Crippen molar-refractivity contribution in [1.82, 2.24) is 14.9 Å². The highest BCUT2D eigenvalue weighted by Crippen LogP contribution is 2.20. The molecule has 0 amide bonds. The first-order chi connectivity index (χ1) is 9.97. The number of fused-ring (bicyclic) bond motifs is 1. The third kappa shape index (κ3) is 3.91. The zero-order valence-electron chi connectivity index (χ0n) is 12.6. The molecular formula is C14H21N5O2. The molecule has 0 aliphatic rings. The molecule has 7 nitrogen and oxygen atoms in total. The highest BCUT2D eigenvalue weighted by Gasteiger charge is 2.09. The minimum Gasteiger partial charge on any atom is -0.356 e. The van der Waals surface area contributed by atoms with E-state index in [9.17, 15) is 10.1 Å². The number of nitrogens with one attached hydrogen (secondary N) is 2. The van der Waals surface area contributed by atoms with Crippen LogP contribution in [-0.4, -0.2) is 46.0 Å². The second kappa shape index (κ2) is 6.53. The van der Waals surface area contributed by atoms with Crippen molar-refractivity contribution in [3.05, 3.63) is 28.3 Å². The maximum atomic E-state index is 10.7. The molecule has 0 saturated carbocycles. The van der Waals surface area contributed by atoms with Gasteiger partial charge in [-0.2, -0.15) is 0 Å². The highest BCUT2D eigenvalue weighted by atomic mass is 16.6. The van der Waals surface area contributed by atoms with Gasteiger partial charge in [0.05, 0.1) is 16.0 Å². The molecule has 1 aromatic heterocycles. The zero-order valence-corrected chi connectivity index (χ0v) is 12.6. The van der Waals surface area contributed by atoms with Crippen LogP contribution in [0.25, 0.3) is 11.0 Å². The van der Waals surface area contributed by atoms with Crippen molar-refractivity contribution in [2.45, 2.75) is 26.3 Å². The molecule has 2 aromatic rings. The van der Waals surface area contributed by atoms with Crippen molar-refractivity contribution in [1.29, 1.82) is 0 Å². The molecule has 7 heteroatoms. The summed E-state index contributed by atoms with van der Waals surface area (Å²) in [6, 6.07) is 5.16. The van der Waals surface area contributed by atoms with Crippen LogP contribution in [0.3, 0.4) is 0 Å². The van der Waals surface area contributed by atoms with E-state index in [1.807, 2.05) is 0 Å². The monoisotopic (exact) mass is 291 g/mol. The molecule has 0 aliphatic carbocycles. The minimum absolute atomic E-state index is 0.0660. The molecule has 0 radical (unpaired) electrons. The van der Waals surface area contributed by atoms with E-state index in [1.165, 1.54) is 12.1 Å². The van der Waals surface area contributed by atoms with Gasteiger partial charge in [-0.15, -0.1) is 0 Å². The first kappa shape index (κ1) is 15.2. The van der Waals surface area contributed by atoms with Gasteiger partial charge in [0, 0.05) is 24.7 Å². The van der Waals surface area contributed by atoms with Gasteiger partial charge in [0.1, 0.15) is 0 Å². The number of nitrogens with zero attached hydrogens (tertiary/aromatic N) is 3. The quantitative estimate of drug-likeness (QED) is 0.465. The van der Waals surface area contributed by atoms with Crippen LogP contribution in [0, 0.1) is 10.1 Å². The highest BCUT2D eigenvalue weighted by molar-refractivity contribution is 5.79. The number of anilines is 1. The fourth-order valence-corrected chi connectivity index (χ4v) is 1.99. The van der Waals surface area contributed by atoms with Crippen LogP contribution in [0.4, 0.5) is 11.6 Å². The molecule has 2 rings (SSSR count).